The van der Waals surface area contributed by atoms with E-state index in [9.17, 15) is 5.11 Å². The molecule has 0 amide bonds. The molecule has 0 fully saturated rings. The SMILES string of the molecule is CCCCOCCCNCC(C)(O)C(C)C. The highest BCUT2D eigenvalue weighted by molar-refractivity contribution is 4.78. The van der Waals surface area contributed by atoms with Crippen LogP contribution in [0.4, 0.5) is 0 Å². The van der Waals surface area contributed by atoms with Crippen molar-refractivity contribution in [2.75, 3.05) is 26.3 Å². The van der Waals surface area contributed by atoms with E-state index in [0.29, 0.717) is 6.54 Å². The second kappa shape index (κ2) is 8.97. The number of aliphatic hydroxyl groups is 1. The van der Waals surface area contributed by atoms with Crippen LogP contribution in [0.2, 0.25) is 0 Å². The zero-order valence-electron chi connectivity index (χ0n) is 11.4. The summed E-state index contributed by atoms with van der Waals surface area (Å²) >= 11 is 0. The molecule has 0 aromatic heterocycles. The molecule has 0 rings (SSSR count). The Balaban J connectivity index is 3.27. The first-order valence-electron chi connectivity index (χ1n) is 6.51. The summed E-state index contributed by atoms with van der Waals surface area (Å²) in [6, 6.07) is 0. The Morgan fingerprint density at radius 2 is 1.88 bits per heavy atom. The van der Waals surface area contributed by atoms with Crippen molar-refractivity contribution in [3.05, 3.63) is 0 Å². The molecular weight excluding hydrogens is 202 g/mol. The maximum atomic E-state index is 9.97. The van der Waals surface area contributed by atoms with E-state index in [4.69, 9.17) is 4.74 Å². The van der Waals surface area contributed by atoms with Gasteiger partial charge in [-0.25, -0.2) is 0 Å². The molecule has 0 spiro atoms. The smallest absolute Gasteiger partial charge is 0.0766 e. The van der Waals surface area contributed by atoms with Crippen LogP contribution < -0.4 is 5.32 Å². The predicted octanol–water partition coefficient (Wildman–Crippen LogP) is 2.19. The van der Waals surface area contributed by atoms with Gasteiger partial charge in [-0.2, -0.15) is 0 Å². The summed E-state index contributed by atoms with van der Waals surface area (Å²) in [5.74, 6) is 0.279. The third-order valence-corrected chi connectivity index (χ3v) is 3.01. The fraction of sp³-hybridized carbons (Fsp3) is 1.00. The quantitative estimate of drug-likeness (QED) is 0.566. The minimum Gasteiger partial charge on any atom is -0.389 e. The number of hydrogen-bond acceptors (Lipinski definition) is 3. The van der Waals surface area contributed by atoms with Gasteiger partial charge in [0.1, 0.15) is 0 Å². The number of rotatable bonds is 10. The molecule has 0 saturated carbocycles. The molecular formula is C13H29NO2. The lowest BCUT2D eigenvalue weighted by molar-refractivity contribution is 0.0138. The van der Waals surface area contributed by atoms with Gasteiger partial charge in [-0.3, -0.25) is 0 Å². The van der Waals surface area contributed by atoms with Gasteiger partial charge in [0.15, 0.2) is 0 Å². The number of ether oxygens (including phenoxy) is 1. The lowest BCUT2D eigenvalue weighted by Gasteiger charge is -2.27. The Hall–Kier alpha value is -0.120. The van der Waals surface area contributed by atoms with E-state index in [1.165, 1.54) is 6.42 Å². The summed E-state index contributed by atoms with van der Waals surface area (Å²) in [6.45, 7) is 11.4. The standard InChI is InChI=1S/C13H29NO2/c1-5-6-9-16-10-7-8-14-11-13(4,15)12(2)3/h12,14-15H,5-11H2,1-4H3. The molecule has 0 aliphatic carbocycles. The molecule has 0 bridgehead atoms. The molecule has 0 aromatic rings. The Labute approximate surface area is 101 Å². The molecule has 0 radical (unpaired) electrons. The van der Waals surface area contributed by atoms with Gasteiger partial charge < -0.3 is 15.2 Å². The number of nitrogens with one attached hydrogen (secondary N) is 1. The molecule has 0 aromatic carbocycles. The molecule has 0 saturated heterocycles. The normalized spacial score (nSPS) is 15.4. The van der Waals surface area contributed by atoms with E-state index in [-0.39, 0.29) is 5.92 Å². The van der Waals surface area contributed by atoms with Crippen LogP contribution in [-0.4, -0.2) is 37.0 Å². The predicted molar refractivity (Wildman–Crippen MR) is 68.7 cm³/mol. The van der Waals surface area contributed by atoms with E-state index in [1.54, 1.807) is 0 Å². The highest BCUT2D eigenvalue weighted by Gasteiger charge is 2.23. The molecule has 1 unspecified atom stereocenters. The first kappa shape index (κ1) is 15.9. The van der Waals surface area contributed by atoms with Crippen LogP contribution in [0, 0.1) is 5.92 Å². The van der Waals surface area contributed by atoms with Gasteiger partial charge in [0.25, 0.3) is 0 Å². The molecule has 16 heavy (non-hydrogen) atoms. The van der Waals surface area contributed by atoms with Gasteiger partial charge in [0, 0.05) is 19.8 Å². The van der Waals surface area contributed by atoms with Crippen molar-refractivity contribution in [2.45, 2.75) is 52.6 Å². The summed E-state index contributed by atoms with van der Waals surface area (Å²) in [7, 11) is 0. The molecule has 0 heterocycles. The Morgan fingerprint density at radius 3 is 2.44 bits per heavy atom. The van der Waals surface area contributed by atoms with Crippen LogP contribution in [0.15, 0.2) is 0 Å². The van der Waals surface area contributed by atoms with Gasteiger partial charge in [-0.15, -0.1) is 0 Å². The zero-order valence-corrected chi connectivity index (χ0v) is 11.4. The van der Waals surface area contributed by atoms with Crippen molar-refractivity contribution in [3.63, 3.8) is 0 Å². The van der Waals surface area contributed by atoms with Crippen LogP contribution in [0.5, 0.6) is 0 Å². The lowest BCUT2D eigenvalue weighted by Crippen LogP contribution is -2.42. The van der Waals surface area contributed by atoms with Gasteiger partial charge in [-0.1, -0.05) is 27.2 Å². The minimum absolute atomic E-state index is 0.279. The van der Waals surface area contributed by atoms with Gasteiger partial charge >= 0.3 is 0 Å². The van der Waals surface area contributed by atoms with Crippen LogP contribution in [0.1, 0.15) is 47.0 Å². The minimum atomic E-state index is -0.608. The first-order chi connectivity index (χ1) is 7.50. The van der Waals surface area contributed by atoms with Gasteiger partial charge in [0.05, 0.1) is 5.60 Å². The third kappa shape index (κ3) is 8.08. The molecule has 98 valence electrons. The zero-order chi connectivity index (χ0) is 12.4. The van der Waals surface area contributed by atoms with E-state index < -0.39 is 5.60 Å². The highest BCUT2D eigenvalue weighted by Crippen LogP contribution is 2.14. The van der Waals surface area contributed by atoms with E-state index in [1.807, 2.05) is 20.8 Å². The molecule has 0 aliphatic rings. The lowest BCUT2D eigenvalue weighted by atomic mass is 9.92. The van der Waals surface area contributed by atoms with Crippen molar-refractivity contribution in [1.29, 1.82) is 0 Å². The van der Waals surface area contributed by atoms with Crippen LogP contribution in [-0.2, 0) is 4.74 Å². The Kier molecular flexibility index (Phi) is 8.90. The van der Waals surface area contributed by atoms with Gasteiger partial charge in [-0.05, 0) is 32.2 Å². The fourth-order valence-electron chi connectivity index (χ4n) is 1.19. The number of hydrogen-bond donors (Lipinski definition) is 2. The monoisotopic (exact) mass is 231 g/mol. The summed E-state index contributed by atoms with van der Waals surface area (Å²) in [5, 5.41) is 13.2. The molecule has 1 atom stereocenters. The molecule has 2 N–H and O–H groups in total. The molecule has 3 heteroatoms. The summed E-state index contributed by atoms with van der Waals surface area (Å²) in [4.78, 5) is 0. The van der Waals surface area contributed by atoms with Crippen molar-refractivity contribution < 1.29 is 9.84 Å². The average molecular weight is 231 g/mol. The second-order valence-corrected chi connectivity index (χ2v) is 5.01. The van der Waals surface area contributed by atoms with Crippen molar-refractivity contribution in [1.82, 2.24) is 5.32 Å². The van der Waals surface area contributed by atoms with Gasteiger partial charge in [0.2, 0.25) is 0 Å². The van der Waals surface area contributed by atoms with E-state index in [0.717, 1.165) is 32.6 Å². The van der Waals surface area contributed by atoms with Crippen LogP contribution in [0.25, 0.3) is 0 Å². The average Bonchev–Trinajstić information content (AvgIpc) is 2.21. The van der Waals surface area contributed by atoms with Crippen molar-refractivity contribution in [2.24, 2.45) is 5.92 Å². The maximum Gasteiger partial charge on any atom is 0.0766 e. The summed E-state index contributed by atoms with van der Waals surface area (Å²) < 4.78 is 5.45. The Bertz CT molecular complexity index is 158. The maximum absolute atomic E-state index is 9.97. The first-order valence-corrected chi connectivity index (χ1v) is 6.51. The third-order valence-electron chi connectivity index (χ3n) is 3.01. The van der Waals surface area contributed by atoms with Crippen molar-refractivity contribution >= 4 is 0 Å². The summed E-state index contributed by atoms with van der Waals surface area (Å²) in [6.07, 6.45) is 3.35. The van der Waals surface area contributed by atoms with Crippen molar-refractivity contribution in [3.8, 4) is 0 Å². The fourth-order valence-corrected chi connectivity index (χ4v) is 1.19. The van der Waals surface area contributed by atoms with Crippen LogP contribution in [0.3, 0.4) is 0 Å². The topological polar surface area (TPSA) is 41.5 Å². The summed E-state index contributed by atoms with van der Waals surface area (Å²) in [5.41, 5.74) is -0.608. The second-order valence-electron chi connectivity index (χ2n) is 5.01. The number of unbranched alkanes of at least 4 members (excludes halogenated alkanes) is 1. The van der Waals surface area contributed by atoms with E-state index in [2.05, 4.69) is 12.2 Å². The van der Waals surface area contributed by atoms with E-state index >= 15 is 0 Å². The Morgan fingerprint density at radius 1 is 1.25 bits per heavy atom. The molecule has 3 nitrogen and oxygen atoms in total. The van der Waals surface area contributed by atoms with Crippen LogP contribution >= 0.6 is 0 Å². The molecule has 0 aliphatic heterocycles. The highest BCUT2D eigenvalue weighted by atomic mass is 16.5. The largest absolute Gasteiger partial charge is 0.389 e.